The SMILES string of the molecule is O=c1[nH]c(-c2ccc(F)cc2COC2CCCCC2)nc2ccccc12. The minimum Gasteiger partial charge on any atom is -0.374 e. The summed E-state index contributed by atoms with van der Waals surface area (Å²) in [6, 6.07) is 11.7. The fourth-order valence-electron chi connectivity index (χ4n) is 3.57. The van der Waals surface area contributed by atoms with E-state index in [9.17, 15) is 9.18 Å². The third kappa shape index (κ3) is 3.53. The van der Waals surface area contributed by atoms with E-state index < -0.39 is 0 Å². The number of nitrogens with one attached hydrogen (secondary N) is 1. The van der Waals surface area contributed by atoms with Crippen LogP contribution in [0.2, 0.25) is 0 Å². The molecule has 5 heteroatoms. The molecule has 0 amide bonds. The number of rotatable bonds is 4. The number of fused-ring (bicyclic) bond motifs is 1. The highest BCUT2D eigenvalue weighted by atomic mass is 19.1. The second-order valence-electron chi connectivity index (χ2n) is 6.80. The van der Waals surface area contributed by atoms with Crippen LogP contribution in [0, 0.1) is 5.82 Å². The maximum atomic E-state index is 13.8. The summed E-state index contributed by atoms with van der Waals surface area (Å²) in [5.74, 6) is 0.120. The first kappa shape index (κ1) is 16.9. The van der Waals surface area contributed by atoms with Crippen molar-refractivity contribution in [2.24, 2.45) is 0 Å². The summed E-state index contributed by atoms with van der Waals surface area (Å²) in [7, 11) is 0. The fraction of sp³-hybridized carbons (Fsp3) is 0.333. The van der Waals surface area contributed by atoms with E-state index >= 15 is 0 Å². The average Bonchev–Trinajstić information content (AvgIpc) is 2.67. The first-order chi connectivity index (χ1) is 12.7. The molecule has 1 heterocycles. The summed E-state index contributed by atoms with van der Waals surface area (Å²) < 4.78 is 19.8. The van der Waals surface area contributed by atoms with E-state index in [1.54, 1.807) is 24.3 Å². The summed E-state index contributed by atoms with van der Waals surface area (Å²) in [5, 5.41) is 0.540. The van der Waals surface area contributed by atoms with Gasteiger partial charge < -0.3 is 9.72 Å². The molecule has 0 radical (unpaired) electrons. The van der Waals surface area contributed by atoms with E-state index in [0.717, 1.165) is 12.8 Å². The van der Waals surface area contributed by atoms with Gasteiger partial charge in [0.1, 0.15) is 11.6 Å². The Morgan fingerprint density at radius 2 is 1.92 bits per heavy atom. The lowest BCUT2D eigenvalue weighted by Crippen LogP contribution is -2.17. The molecular formula is C21H21FN2O2. The van der Waals surface area contributed by atoms with Crippen LogP contribution in [0.25, 0.3) is 22.3 Å². The van der Waals surface area contributed by atoms with Gasteiger partial charge in [-0.05, 0) is 48.7 Å². The number of H-pyrrole nitrogens is 1. The average molecular weight is 352 g/mol. The van der Waals surface area contributed by atoms with Gasteiger partial charge in [-0.3, -0.25) is 4.79 Å². The second-order valence-corrected chi connectivity index (χ2v) is 6.80. The van der Waals surface area contributed by atoms with Crippen molar-refractivity contribution in [3.05, 3.63) is 64.2 Å². The molecule has 4 rings (SSSR count). The lowest BCUT2D eigenvalue weighted by molar-refractivity contribution is 0.0169. The lowest BCUT2D eigenvalue weighted by Gasteiger charge is -2.22. The number of ether oxygens (including phenoxy) is 1. The number of halogens is 1. The van der Waals surface area contributed by atoms with Crippen molar-refractivity contribution in [2.75, 3.05) is 0 Å². The van der Waals surface area contributed by atoms with Gasteiger partial charge in [-0.25, -0.2) is 9.37 Å². The summed E-state index contributed by atoms with van der Waals surface area (Å²) in [6.07, 6.45) is 5.95. The number of aromatic amines is 1. The number of para-hydroxylation sites is 1. The number of benzene rings is 2. The standard InChI is InChI=1S/C21H21FN2O2/c22-15-10-11-17(14(12-15)13-26-16-6-2-1-3-7-16)20-23-19-9-5-4-8-18(19)21(25)24-20/h4-5,8-12,16H,1-3,6-7,13H2,(H,23,24,25). The summed E-state index contributed by atoms with van der Waals surface area (Å²) in [4.78, 5) is 19.7. The molecule has 1 aliphatic rings. The predicted molar refractivity (Wildman–Crippen MR) is 99.4 cm³/mol. The number of nitrogens with zero attached hydrogens (tertiary/aromatic N) is 1. The Kier molecular flexibility index (Phi) is 4.80. The normalized spacial score (nSPS) is 15.4. The predicted octanol–water partition coefficient (Wildman–Crippen LogP) is 4.58. The molecule has 0 unspecified atom stereocenters. The van der Waals surface area contributed by atoms with E-state index in [2.05, 4.69) is 9.97 Å². The number of hydrogen-bond acceptors (Lipinski definition) is 3. The molecule has 0 saturated heterocycles. The van der Waals surface area contributed by atoms with E-state index in [-0.39, 0.29) is 17.5 Å². The first-order valence-corrected chi connectivity index (χ1v) is 9.10. The third-order valence-corrected chi connectivity index (χ3v) is 4.96. The van der Waals surface area contributed by atoms with Crippen LogP contribution in [0.3, 0.4) is 0 Å². The Balaban J connectivity index is 1.68. The van der Waals surface area contributed by atoms with Crippen LogP contribution < -0.4 is 5.56 Å². The maximum Gasteiger partial charge on any atom is 0.259 e. The molecule has 2 aromatic carbocycles. The molecule has 1 fully saturated rings. The zero-order valence-corrected chi connectivity index (χ0v) is 14.5. The molecule has 1 aliphatic carbocycles. The Morgan fingerprint density at radius 1 is 1.12 bits per heavy atom. The molecule has 0 aliphatic heterocycles. The molecule has 1 saturated carbocycles. The van der Waals surface area contributed by atoms with Gasteiger partial charge in [0.2, 0.25) is 0 Å². The topological polar surface area (TPSA) is 55.0 Å². The molecule has 134 valence electrons. The van der Waals surface area contributed by atoms with Crippen molar-refractivity contribution >= 4 is 10.9 Å². The minimum absolute atomic E-state index is 0.200. The van der Waals surface area contributed by atoms with Crippen molar-refractivity contribution in [3.8, 4) is 11.4 Å². The largest absolute Gasteiger partial charge is 0.374 e. The highest BCUT2D eigenvalue weighted by Gasteiger charge is 2.16. The number of hydrogen-bond donors (Lipinski definition) is 1. The van der Waals surface area contributed by atoms with Gasteiger partial charge in [-0.15, -0.1) is 0 Å². The van der Waals surface area contributed by atoms with Crippen molar-refractivity contribution in [1.82, 2.24) is 9.97 Å². The second kappa shape index (κ2) is 7.38. The van der Waals surface area contributed by atoms with Crippen molar-refractivity contribution in [1.29, 1.82) is 0 Å². The van der Waals surface area contributed by atoms with E-state index in [1.165, 1.54) is 31.4 Å². The monoisotopic (exact) mass is 352 g/mol. The summed E-state index contributed by atoms with van der Waals surface area (Å²) in [6.45, 7) is 0.314. The van der Waals surface area contributed by atoms with Gasteiger partial charge >= 0.3 is 0 Å². The quantitative estimate of drug-likeness (QED) is 0.748. The Bertz CT molecular complexity index is 977. The van der Waals surface area contributed by atoms with Crippen LogP contribution in [0.1, 0.15) is 37.7 Å². The van der Waals surface area contributed by atoms with Crippen LogP contribution in [-0.2, 0) is 11.3 Å². The van der Waals surface area contributed by atoms with Crippen molar-refractivity contribution < 1.29 is 9.13 Å². The van der Waals surface area contributed by atoms with Gasteiger partial charge in [0.15, 0.2) is 0 Å². The Labute approximate surface area is 151 Å². The molecule has 0 spiro atoms. The Morgan fingerprint density at radius 3 is 2.77 bits per heavy atom. The van der Waals surface area contributed by atoms with E-state index in [1.807, 2.05) is 6.07 Å². The first-order valence-electron chi connectivity index (χ1n) is 9.10. The highest BCUT2D eigenvalue weighted by Crippen LogP contribution is 2.26. The molecule has 26 heavy (non-hydrogen) atoms. The van der Waals surface area contributed by atoms with Gasteiger partial charge in [0, 0.05) is 5.56 Å². The van der Waals surface area contributed by atoms with Gasteiger partial charge in [-0.1, -0.05) is 31.4 Å². The lowest BCUT2D eigenvalue weighted by atomic mass is 9.97. The zero-order valence-electron chi connectivity index (χ0n) is 14.5. The van der Waals surface area contributed by atoms with Crippen LogP contribution >= 0.6 is 0 Å². The van der Waals surface area contributed by atoms with Crippen LogP contribution in [-0.4, -0.2) is 16.1 Å². The number of aromatic nitrogens is 2. The fourth-order valence-corrected chi connectivity index (χ4v) is 3.57. The highest BCUT2D eigenvalue weighted by molar-refractivity contribution is 5.79. The molecule has 1 aromatic heterocycles. The van der Waals surface area contributed by atoms with Crippen LogP contribution in [0.15, 0.2) is 47.3 Å². The van der Waals surface area contributed by atoms with Gasteiger partial charge in [-0.2, -0.15) is 0 Å². The van der Waals surface area contributed by atoms with Gasteiger partial charge in [0.25, 0.3) is 5.56 Å². The van der Waals surface area contributed by atoms with Crippen molar-refractivity contribution in [2.45, 2.75) is 44.8 Å². The molecule has 3 aromatic rings. The minimum atomic E-state index is -0.320. The molecule has 4 nitrogen and oxygen atoms in total. The van der Waals surface area contributed by atoms with Crippen LogP contribution in [0.5, 0.6) is 0 Å². The molecule has 0 atom stereocenters. The smallest absolute Gasteiger partial charge is 0.259 e. The van der Waals surface area contributed by atoms with E-state index in [0.29, 0.717) is 34.5 Å². The van der Waals surface area contributed by atoms with E-state index in [4.69, 9.17) is 4.74 Å². The Hall–Kier alpha value is -2.53. The molecule has 0 bridgehead atoms. The molecule has 1 N–H and O–H groups in total. The molecular weight excluding hydrogens is 331 g/mol. The van der Waals surface area contributed by atoms with Crippen LogP contribution in [0.4, 0.5) is 4.39 Å². The summed E-state index contributed by atoms with van der Waals surface area (Å²) >= 11 is 0. The third-order valence-electron chi connectivity index (χ3n) is 4.96. The van der Waals surface area contributed by atoms with Gasteiger partial charge in [0.05, 0.1) is 23.6 Å². The summed E-state index contributed by atoms with van der Waals surface area (Å²) in [5.41, 5.74) is 1.82. The zero-order chi connectivity index (χ0) is 17.9. The van der Waals surface area contributed by atoms with Crippen molar-refractivity contribution in [3.63, 3.8) is 0 Å². The maximum absolute atomic E-state index is 13.8.